The molecule has 0 unspecified atom stereocenters. The van der Waals surface area contributed by atoms with Gasteiger partial charge in [0.25, 0.3) is 0 Å². The molecule has 0 bridgehead atoms. The van der Waals surface area contributed by atoms with Crippen LogP contribution in [0.5, 0.6) is 0 Å². The summed E-state index contributed by atoms with van der Waals surface area (Å²) in [4.78, 5) is 14.4. The van der Waals surface area contributed by atoms with Crippen molar-refractivity contribution in [2.24, 2.45) is 5.73 Å². The van der Waals surface area contributed by atoms with Crippen LogP contribution in [0.2, 0.25) is 0 Å². The Bertz CT molecular complexity index is 738. The summed E-state index contributed by atoms with van der Waals surface area (Å²) >= 11 is 0. The van der Waals surface area contributed by atoms with Crippen molar-refractivity contribution < 1.29 is 9.53 Å². The Morgan fingerprint density at radius 1 is 1.04 bits per heavy atom. The Morgan fingerprint density at radius 3 is 2.35 bits per heavy atom. The topological polar surface area (TPSA) is 81.6 Å². The second-order valence-electron chi connectivity index (χ2n) is 7.40. The van der Waals surface area contributed by atoms with Crippen molar-refractivity contribution in [2.75, 3.05) is 12.3 Å². The first-order valence-electron chi connectivity index (χ1n) is 8.86. The molecule has 140 valence electrons. The van der Waals surface area contributed by atoms with E-state index in [0.717, 1.165) is 23.1 Å². The van der Waals surface area contributed by atoms with Gasteiger partial charge in [-0.15, -0.1) is 0 Å². The van der Waals surface area contributed by atoms with E-state index in [-0.39, 0.29) is 18.2 Å². The SMILES string of the molecule is CC(C)(C)N(CCc1cccc(CN)c1)C(=O)OCc1cccc(N)c1. The summed E-state index contributed by atoms with van der Waals surface area (Å²) in [6, 6.07) is 15.5. The predicted octanol–water partition coefficient (Wildman–Crippen LogP) is 3.71. The molecule has 0 aliphatic carbocycles. The van der Waals surface area contributed by atoms with Crippen LogP contribution in [0, 0.1) is 0 Å². The number of anilines is 1. The molecule has 2 rings (SSSR count). The first-order valence-corrected chi connectivity index (χ1v) is 8.86. The summed E-state index contributed by atoms with van der Waals surface area (Å²) in [5.74, 6) is 0. The van der Waals surface area contributed by atoms with Crippen molar-refractivity contribution in [1.82, 2.24) is 4.90 Å². The normalized spacial score (nSPS) is 11.2. The molecular formula is C21H29N3O2. The van der Waals surface area contributed by atoms with Crippen molar-refractivity contribution in [3.63, 3.8) is 0 Å². The van der Waals surface area contributed by atoms with Gasteiger partial charge in [0.05, 0.1) is 0 Å². The van der Waals surface area contributed by atoms with Crippen LogP contribution in [-0.4, -0.2) is 23.1 Å². The van der Waals surface area contributed by atoms with Crippen molar-refractivity contribution in [2.45, 2.75) is 45.9 Å². The van der Waals surface area contributed by atoms with Gasteiger partial charge in [-0.2, -0.15) is 0 Å². The van der Waals surface area contributed by atoms with E-state index in [1.54, 1.807) is 4.90 Å². The number of rotatable bonds is 6. The van der Waals surface area contributed by atoms with Crippen LogP contribution >= 0.6 is 0 Å². The van der Waals surface area contributed by atoms with E-state index in [0.29, 0.717) is 18.8 Å². The summed E-state index contributed by atoms with van der Waals surface area (Å²) in [7, 11) is 0. The molecule has 0 aliphatic heterocycles. The highest BCUT2D eigenvalue weighted by atomic mass is 16.6. The van der Waals surface area contributed by atoms with Gasteiger partial charge in [0.1, 0.15) is 6.61 Å². The third kappa shape index (κ3) is 5.77. The minimum Gasteiger partial charge on any atom is -0.445 e. The fraction of sp³-hybridized carbons (Fsp3) is 0.381. The van der Waals surface area contributed by atoms with Gasteiger partial charge >= 0.3 is 6.09 Å². The van der Waals surface area contributed by atoms with E-state index < -0.39 is 0 Å². The number of benzene rings is 2. The largest absolute Gasteiger partial charge is 0.445 e. The highest BCUT2D eigenvalue weighted by Crippen LogP contribution is 2.18. The number of carbonyl (C=O) groups is 1. The minimum absolute atomic E-state index is 0.207. The van der Waals surface area contributed by atoms with Gasteiger partial charge in [-0.25, -0.2) is 4.79 Å². The highest BCUT2D eigenvalue weighted by Gasteiger charge is 2.27. The molecule has 0 aliphatic rings. The smallest absolute Gasteiger partial charge is 0.410 e. The van der Waals surface area contributed by atoms with Crippen molar-refractivity contribution in [3.05, 3.63) is 65.2 Å². The molecule has 0 spiro atoms. The standard InChI is InChI=1S/C21H29N3O2/c1-21(2,3)24(11-10-16-6-4-7-17(12-16)14-22)20(25)26-15-18-8-5-9-19(23)13-18/h4-9,12-13H,10-11,14-15,22-23H2,1-3H3. The van der Waals surface area contributed by atoms with Crippen LogP contribution in [0.15, 0.2) is 48.5 Å². The number of hydrogen-bond acceptors (Lipinski definition) is 4. The van der Waals surface area contributed by atoms with E-state index in [1.165, 1.54) is 0 Å². The molecule has 5 heteroatoms. The van der Waals surface area contributed by atoms with Crippen LogP contribution < -0.4 is 11.5 Å². The number of carbonyl (C=O) groups excluding carboxylic acids is 1. The second kappa shape index (κ2) is 8.72. The lowest BCUT2D eigenvalue weighted by molar-refractivity contribution is 0.0634. The second-order valence-corrected chi connectivity index (χ2v) is 7.40. The summed E-state index contributed by atoms with van der Waals surface area (Å²) < 4.78 is 5.52. The fourth-order valence-electron chi connectivity index (χ4n) is 2.76. The Kier molecular flexibility index (Phi) is 6.64. The number of amides is 1. The molecule has 4 N–H and O–H groups in total. The van der Waals surface area contributed by atoms with Gasteiger partial charge in [-0.1, -0.05) is 36.4 Å². The Hall–Kier alpha value is -2.53. The van der Waals surface area contributed by atoms with E-state index in [1.807, 2.05) is 57.2 Å². The lowest BCUT2D eigenvalue weighted by atomic mass is 10.0. The predicted molar refractivity (Wildman–Crippen MR) is 106 cm³/mol. The molecule has 0 atom stereocenters. The van der Waals surface area contributed by atoms with Gasteiger partial charge in [-0.3, -0.25) is 0 Å². The maximum absolute atomic E-state index is 12.6. The number of nitrogens with zero attached hydrogens (tertiary/aromatic N) is 1. The third-order valence-corrected chi connectivity index (χ3v) is 4.19. The van der Waals surface area contributed by atoms with Gasteiger partial charge in [0, 0.05) is 24.3 Å². The Balaban J connectivity index is 2.00. The highest BCUT2D eigenvalue weighted by molar-refractivity contribution is 5.68. The number of nitrogen functional groups attached to an aromatic ring is 1. The Morgan fingerprint density at radius 2 is 1.69 bits per heavy atom. The first kappa shape index (κ1) is 19.8. The van der Waals surface area contributed by atoms with E-state index >= 15 is 0 Å². The number of hydrogen-bond donors (Lipinski definition) is 2. The summed E-state index contributed by atoms with van der Waals surface area (Å²) in [6.07, 6.45) is 0.424. The van der Waals surface area contributed by atoms with E-state index in [4.69, 9.17) is 16.2 Å². The van der Waals surface area contributed by atoms with Crippen LogP contribution in [0.1, 0.15) is 37.5 Å². The average molecular weight is 355 g/mol. The summed E-state index contributed by atoms with van der Waals surface area (Å²) in [5.41, 5.74) is 14.9. The maximum Gasteiger partial charge on any atom is 0.410 e. The molecule has 2 aromatic rings. The van der Waals surface area contributed by atoms with E-state index in [9.17, 15) is 4.79 Å². The zero-order valence-electron chi connectivity index (χ0n) is 15.9. The third-order valence-electron chi connectivity index (χ3n) is 4.19. The maximum atomic E-state index is 12.6. The lowest BCUT2D eigenvalue weighted by Crippen LogP contribution is -2.46. The fourth-order valence-corrected chi connectivity index (χ4v) is 2.76. The van der Waals surface area contributed by atoms with Crippen molar-refractivity contribution in [3.8, 4) is 0 Å². The molecule has 5 nitrogen and oxygen atoms in total. The molecule has 1 amide bonds. The Labute approximate surface area is 155 Å². The molecule has 0 heterocycles. The minimum atomic E-state index is -0.335. The van der Waals surface area contributed by atoms with Crippen LogP contribution in [0.25, 0.3) is 0 Å². The van der Waals surface area contributed by atoms with Gasteiger partial charge in [0.2, 0.25) is 0 Å². The summed E-state index contributed by atoms with van der Waals surface area (Å²) in [6.45, 7) is 7.31. The van der Waals surface area contributed by atoms with Crippen LogP contribution in [0.4, 0.5) is 10.5 Å². The number of ether oxygens (including phenoxy) is 1. The zero-order chi connectivity index (χ0) is 19.2. The van der Waals surface area contributed by atoms with E-state index in [2.05, 4.69) is 12.1 Å². The van der Waals surface area contributed by atoms with Gasteiger partial charge in [-0.05, 0) is 56.0 Å². The van der Waals surface area contributed by atoms with Crippen molar-refractivity contribution >= 4 is 11.8 Å². The van der Waals surface area contributed by atoms with Gasteiger partial charge in [0.15, 0.2) is 0 Å². The van der Waals surface area contributed by atoms with Crippen LogP contribution in [-0.2, 0) is 24.3 Å². The first-order chi connectivity index (χ1) is 12.3. The monoisotopic (exact) mass is 355 g/mol. The molecule has 26 heavy (non-hydrogen) atoms. The molecular weight excluding hydrogens is 326 g/mol. The molecule has 0 aromatic heterocycles. The molecule has 0 radical (unpaired) electrons. The molecule has 0 saturated carbocycles. The molecule has 2 aromatic carbocycles. The van der Waals surface area contributed by atoms with Crippen LogP contribution in [0.3, 0.4) is 0 Å². The van der Waals surface area contributed by atoms with Gasteiger partial charge < -0.3 is 21.1 Å². The number of nitrogens with two attached hydrogens (primary N) is 2. The average Bonchev–Trinajstić information content (AvgIpc) is 2.59. The lowest BCUT2D eigenvalue weighted by Gasteiger charge is -2.35. The quantitative estimate of drug-likeness (QED) is 0.774. The molecule has 0 fully saturated rings. The van der Waals surface area contributed by atoms with Crippen molar-refractivity contribution in [1.29, 1.82) is 0 Å². The summed E-state index contributed by atoms with van der Waals surface area (Å²) in [5, 5.41) is 0. The molecule has 0 saturated heterocycles. The zero-order valence-corrected chi connectivity index (χ0v) is 15.9.